The molecule has 0 bridgehead atoms. The molecule has 0 N–H and O–H groups in total. The Balaban J connectivity index is 1.30. The van der Waals surface area contributed by atoms with Gasteiger partial charge in [0, 0.05) is 46.4 Å². The van der Waals surface area contributed by atoms with Gasteiger partial charge in [0.2, 0.25) is 0 Å². The van der Waals surface area contributed by atoms with Crippen LogP contribution in [0.4, 0.5) is 0 Å². The largest absolute Gasteiger partial charge is 0.497 e. The van der Waals surface area contributed by atoms with E-state index in [1.54, 1.807) is 19.4 Å². The van der Waals surface area contributed by atoms with Crippen molar-refractivity contribution in [2.45, 2.75) is 13.8 Å². The van der Waals surface area contributed by atoms with Crippen LogP contribution >= 0.6 is 0 Å². The fourth-order valence-electron chi connectivity index (χ4n) is 5.58. The molecule has 7 aromatic rings. The van der Waals surface area contributed by atoms with Crippen molar-refractivity contribution in [1.82, 2.24) is 19.3 Å². The molecule has 0 aliphatic rings. The Hall–Kier alpha value is -5.36. The molecule has 0 amide bonds. The normalized spacial score (nSPS) is 11.6. The van der Waals surface area contributed by atoms with E-state index in [0.29, 0.717) is 17.5 Å². The van der Waals surface area contributed by atoms with Crippen LogP contribution in [0.1, 0.15) is 12.8 Å². The summed E-state index contributed by atoms with van der Waals surface area (Å²) in [5.74, 6) is 2.84. The van der Waals surface area contributed by atoms with Crippen molar-refractivity contribution in [3.8, 4) is 39.9 Å². The first kappa shape index (κ1) is 23.5. The molecule has 0 saturated carbocycles. The third kappa shape index (κ3) is 4.30. The van der Waals surface area contributed by atoms with Crippen LogP contribution in [-0.2, 0) is 0 Å². The molecule has 41 heavy (non-hydrogen) atoms. The fraction of sp³-hybridized carbons (Fsp3) is 0.0857. The molecule has 0 radical (unpaired) electrons. The minimum Gasteiger partial charge on any atom is -0.497 e. The van der Waals surface area contributed by atoms with E-state index in [0.717, 1.165) is 61.6 Å². The van der Waals surface area contributed by atoms with Gasteiger partial charge in [-0.1, -0.05) is 54.6 Å². The van der Waals surface area contributed by atoms with Gasteiger partial charge in [-0.2, -0.15) is 5.10 Å². The van der Waals surface area contributed by atoms with E-state index in [9.17, 15) is 0 Å². The van der Waals surface area contributed by atoms with E-state index in [-0.39, 0.29) is 0 Å². The Labute approximate surface area is 239 Å². The number of fused-ring (bicyclic) bond motifs is 3. The number of hydrogen-bond donors (Lipinski definition) is 0. The van der Waals surface area contributed by atoms with Gasteiger partial charge in [0.1, 0.15) is 23.1 Å². The molecule has 0 aliphatic carbocycles. The zero-order valence-electron chi connectivity index (χ0n) is 24.0. The van der Waals surface area contributed by atoms with Gasteiger partial charge in [0.25, 0.3) is 0 Å². The second-order valence-corrected chi connectivity index (χ2v) is 9.93. The van der Waals surface area contributed by atoms with Gasteiger partial charge in [-0.3, -0.25) is 4.57 Å². The van der Waals surface area contributed by atoms with E-state index in [1.807, 2.05) is 96.5 Å². The molecule has 6 nitrogen and oxygen atoms in total. The first-order chi connectivity index (χ1) is 20.5. The van der Waals surface area contributed by atoms with Gasteiger partial charge in [-0.15, -0.1) is 0 Å². The Bertz CT molecular complexity index is 2100. The van der Waals surface area contributed by atoms with Crippen LogP contribution < -0.4 is 9.47 Å². The Kier molecular flexibility index (Phi) is 5.73. The molecule has 4 aromatic carbocycles. The topological polar surface area (TPSA) is 54.1 Å². The van der Waals surface area contributed by atoms with Crippen molar-refractivity contribution in [2.24, 2.45) is 0 Å². The number of hydrogen-bond acceptors (Lipinski definition) is 4. The maximum absolute atomic E-state index is 8.21. The van der Waals surface area contributed by atoms with Gasteiger partial charge in [0.05, 0.1) is 30.9 Å². The van der Waals surface area contributed by atoms with Gasteiger partial charge in [-0.05, 0) is 55.8 Å². The second kappa shape index (κ2) is 9.99. The number of pyridine rings is 1. The molecule has 0 fully saturated rings. The van der Waals surface area contributed by atoms with Crippen LogP contribution in [0.5, 0.6) is 17.2 Å². The highest BCUT2D eigenvalue weighted by atomic mass is 16.5. The summed E-state index contributed by atoms with van der Waals surface area (Å²) in [6, 6.07) is 34.2. The van der Waals surface area contributed by atoms with Gasteiger partial charge < -0.3 is 9.47 Å². The van der Waals surface area contributed by atoms with Crippen LogP contribution in [0.25, 0.3) is 44.4 Å². The lowest BCUT2D eigenvalue weighted by Gasteiger charge is -2.11. The first-order valence-electron chi connectivity index (χ1n) is 14.0. The number of benzene rings is 4. The summed E-state index contributed by atoms with van der Waals surface area (Å²) in [5.41, 5.74) is 7.15. The van der Waals surface area contributed by atoms with Gasteiger partial charge >= 0.3 is 0 Å². The highest BCUT2D eigenvalue weighted by molar-refractivity contribution is 6.09. The molecule has 3 heterocycles. The molecule has 3 aromatic heterocycles. The average Bonchev–Trinajstić information content (AvgIpc) is 3.49. The molecule has 0 saturated heterocycles. The minimum absolute atomic E-state index is 0.455. The smallest absolute Gasteiger partial charge is 0.141 e. The van der Waals surface area contributed by atoms with Crippen molar-refractivity contribution in [3.63, 3.8) is 0 Å². The number of para-hydroxylation sites is 1. The minimum atomic E-state index is 0.455. The summed E-state index contributed by atoms with van der Waals surface area (Å²) in [4.78, 5) is 4.64. The van der Waals surface area contributed by atoms with E-state index in [4.69, 9.17) is 15.9 Å². The Morgan fingerprint density at radius 3 is 2.41 bits per heavy atom. The fourth-order valence-corrected chi connectivity index (χ4v) is 5.58. The van der Waals surface area contributed by atoms with Gasteiger partial charge in [0.15, 0.2) is 0 Å². The highest BCUT2D eigenvalue weighted by Gasteiger charge is 2.16. The van der Waals surface area contributed by atoms with E-state index in [2.05, 4.69) is 28.6 Å². The molecule has 0 aliphatic heterocycles. The Morgan fingerprint density at radius 2 is 1.56 bits per heavy atom. The summed E-state index contributed by atoms with van der Waals surface area (Å²) >= 11 is 0. The lowest BCUT2D eigenvalue weighted by atomic mass is 10.0. The molecular weight excluding hydrogens is 508 g/mol. The summed E-state index contributed by atoms with van der Waals surface area (Å²) in [6.45, 7) is 4.14. The summed E-state index contributed by atoms with van der Waals surface area (Å²) < 4.78 is 24.2. The molecule has 200 valence electrons. The van der Waals surface area contributed by atoms with Crippen molar-refractivity contribution in [2.75, 3.05) is 7.11 Å². The average molecular weight is 538 g/mol. The number of rotatable bonds is 6. The molecule has 7 rings (SSSR count). The second-order valence-electron chi connectivity index (χ2n) is 9.93. The zero-order valence-corrected chi connectivity index (χ0v) is 23.0. The molecular formula is C35H28N4O2. The molecule has 6 heteroatoms. The maximum atomic E-state index is 8.21. The Morgan fingerprint density at radius 1 is 0.732 bits per heavy atom. The standard InChI is InChI=1S/C35H28N4O2/c1-23-35(25-10-5-4-6-11-25)24(2)39(37-23)26-12-9-13-28(20-26)41-29-16-17-31-30-14-7-8-15-32(30)38(33(31)21-29)34-22-27(40-3)18-19-36-34/h4-22H,1-3H3/i7D. The number of aromatic nitrogens is 4. The third-order valence-electron chi connectivity index (χ3n) is 7.42. The third-order valence-corrected chi connectivity index (χ3v) is 7.42. The predicted octanol–water partition coefficient (Wildman–Crippen LogP) is 8.45. The first-order valence-corrected chi connectivity index (χ1v) is 13.5. The van der Waals surface area contributed by atoms with E-state index in [1.165, 1.54) is 0 Å². The quantitative estimate of drug-likeness (QED) is 0.214. The van der Waals surface area contributed by atoms with Crippen LogP contribution in [0.15, 0.2) is 115 Å². The molecule has 0 unspecified atom stereocenters. The zero-order chi connectivity index (χ0) is 28.8. The van der Waals surface area contributed by atoms with Crippen LogP contribution in [-0.4, -0.2) is 26.4 Å². The van der Waals surface area contributed by atoms with Crippen molar-refractivity contribution in [3.05, 3.63) is 127 Å². The van der Waals surface area contributed by atoms with Crippen molar-refractivity contribution >= 4 is 21.8 Å². The monoisotopic (exact) mass is 537 g/mol. The highest BCUT2D eigenvalue weighted by Crippen LogP contribution is 2.36. The van der Waals surface area contributed by atoms with Crippen molar-refractivity contribution < 1.29 is 10.8 Å². The van der Waals surface area contributed by atoms with E-state index < -0.39 is 0 Å². The summed E-state index contributed by atoms with van der Waals surface area (Å²) in [6.07, 6.45) is 1.73. The SMILES string of the molecule is [2H]c1ccc2c(c1)c1ccc(Oc3cccc(-n4nc(C)c(-c5ccccc5)c4C)c3)cc1n2-c1cc(OC)ccn1. The number of ether oxygens (including phenoxy) is 2. The molecule has 0 atom stereocenters. The van der Waals surface area contributed by atoms with Crippen molar-refractivity contribution in [1.29, 1.82) is 0 Å². The van der Waals surface area contributed by atoms with E-state index >= 15 is 0 Å². The molecule has 0 spiro atoms. The van der Waals surface area contributed by atoms with Crippen LogP contribution in [0.3, 0.4) is 0 Å². The maximum Gasteiger partial charge on any atom is 0.141 e. The summed E-state index contributed by atoms with van der Waals surface area (Å²) in [7, 11) is 1.64. The lowest BCUT2D eigenvalue weighted by molar-refractivity contribution is 0.414. The van der Waals surface area contributed by atoms with Crippen LogP contribution in [0.2, 0.25) is 0 Å². The van der Waals surface area contributed by atoms with Crippen LogP contribution in [0, 0.1) is 13.8 Å². The van der Waals surface area contributed by atoms with Gasteiger partial charge in [-0.25, -0.2) is 9.67 Å². The number of aryl methyl sites for hydroxylation is 1. The number of nitrogens with zero attached hydrogens (tertiary/aromatic N) is 4. The number of methoxy groups -OCH3 is 1. The summed E-state index contributed by atoms with van der Waals surface area (Å²) in [5, 5.41) is 6.86. The predicted molar refractivity (Wildman–Crippen MR) is 164 cm³/mol. The lowest BCUT2D eigenvalue weighted by Crippen LogP contribution is -1.99.